The number of amides is 2. The van der Waals surface area contributed by atoms with Crippen molar-refractivity contribution in [2.75, 3.05) is 13.1 Å². The predicted octanol–water partition coefficient (Wildman–Crippen LogP) is 1.85. The van der Waals surface area contributed by atoms with Crippen LogP contribution in [-0.2, 0) is 32.8 Å². The summed E-state index contributed by atoms with van der Waals surface area (Å²) in [5.74, 6) is -1.31. The molecule has 2 heterocycles. The Hall–Kier alpha value is -3.19. The lowest BCUT2D eigenvalue weighted by Crippen LogP contribution is -2.57. The van der Waals surface area contributed by atoms with E-state index >= 15 is 0 Å². The third-order valence-electron chi connectivity index (χ3n) is 6.79. The van der Waals surface area contributed by atoms with Crippen LogP contribution in [0.25, 0.3) is 0 Å². The highest BCUT2D eigenvalue weighted by Gasteiger charge is 2.45. The molecule has 1 fully saturated rings. The predicted molar refractivity (Wildman–Crippen MR) is 120 cm³/mol. The summed E-state index contributed by atoms with van der Waals surface area (Å²) >= 11 is 0. The van der Waals surface area contributed by atoms with E-state index in [2.05, 4.69) is 22.8 Å². The van der Waals surface area contributed by atoms with Crippen molar-refractivity contribution >= 4 is 17.8 Å². The normalized spacial score (nSPS) is 20.7. The molecule has 0 saturated carbocycles. The van der Waals surface area contributed by atoms with Gasteiger partial charge in [0.2, 0.25) is 11.8 Å². The summed E-state index contributed by atoms with van der Waals surface area (Å²) in [4.78, 5) is 39.6. The Kier molecular flexibility index (Phi) is 6.28. The number of hydrogen-bond acceptors (Lipinski definition) is 4. The topological polar surface area (TPSA) is 98.7 Å². The Morgan fingerprint density at radius 3 is 2.31 bits per heavy atom. The Bertz CT molecular complexity index is 999. The Balaban J connectivity index is 1.48. The van der Waals surface area contributed by atoms with Gasteiger partial charge in [0.25, 0.3) is 0 Å². The first-order valence-corrected chi connectivity index (χ1v) is 11.1. The van der Waals surface area contributed by atoms with Gasteiger partial charge in [0, 0.05) is 19.6 Å². The second-order valence-corrected chi connectivity index (χ2v) is 8.71. The minimum Gasteiger partial charge on any atom is -0.480 e. The van der Waals surface area contributed by atoms with E-state index in [1.54, 1.807) is 0 Å². The lowest BCUT2D eigenvalue weighted by Gasteiger charge is -2.42. The first-order valence-electron chi connectivity index (χ1n) is 11.1. The molecule has 7 nitrogen and oxygen atoms in total. The third-order valence-corrected chi connectivity index (χ3v) is 6.79. The van der Waals surface area contributed by atoms with E-state index in [1.165, 1.54) is 18.1 Å². The number of likely N-dealkylation sites (tertiary alicyclic amines) is 1. The van der Waals surface area contributed by atoms with Crippen LogP contribution in [0.15, 0.2) is 54.6 Å². The van der Waals surface area contributed by atoms with Crippen LogP contribution in [0, 0.1) is 0 Å². The maximum absolute atomic E-state index is 13.3. The van der Waals surface area contributed by atoms with Gasteiger partial charge >= 0.3 is 5.97 Å². The van der Waals surface area contributed by atoms with Gasteiger partial charge in [-0.3, -0.25) is 14.4 Å². The van der Waals surface area contributed by atoms with Crippen LogP contribution in [0.1, 0.15) is 36.5 Å². The standard InChI is InChI=1S/C25H29N3O4/c1-17(23(30)31)27-24(32)25(20-9-3-2-4-10-20)11-13-28(14-12-25)22(29)21-15-18-7-5-6-8-19(18)16-26-21/h2-10,17,21,26H,11-16H2,1H3,(H,27,32)(H,30,31)/t17-,21+/m0/s1. The molecular weight excluding hydrogens is 406 g/mol. The summed E-state index contributed by atoms with van der Waals surface area (Å²) in [6.45, 7) is 3.03. The molecule has 2 aromatic rings. The fourth-order valence-electron chi connectivity index (χ4n) is 4.76. The van der Waals surface area contributed by atoms with Crippen molar-refractivity contribution < 1.29 is 19.5 Å². The molecule has 32 heavy (non-hydrogen) atoms. The first-order chi connectivity index (χ1) is 15.4. The van der Waals surface area contributed by atoms with Gasteiger partial charge < -0.3 is 20.6 Å². The van der Waals surface area contributed by atoms with E-state index in [4.69, 9.17) is 0 Å². The SMILES string of the molecule is C[C@H](NC(=O)C1(c2ccccc2)CCN(C(=O)[C@H]2Cc3ccccc3CN2)CC1)C(=O)O. The molecule has 1 saturated heterocycles. The van der Waals surface area contributed by atoms with Gasteiger partial charge in [0.1, 0.15) is 6.04 Å². The first kappa shape index (κ1) is 22.0. The maximum atomic E-state index is 13.3. The summed E-state index contributed by atoms with van der Waals surface area (Å²) in [7, 11) is 0. The number of nitrogens with one attached hydrogen (secondary N) is 2. The molecule has 168 valence electrons. The fraction of sp³-hybridized carbons (Fsp3) is 0.400. The summed E-state index contributed by atoms with van der Waals surface area (Å²) in [6, 6.07) is 16.4. The summed E-state index contributed by atoms with van der Waals surface area (Å²) in [6.07, 6.45) is 1.56. The number of rotatable bonds is 5. The van der Waals surface area contributed by atoms with E-state index in [0.29, 0.717) is 38.9 Å². The highest BCUT2D eigenvalue weighted by molar-refractivity contribution is 5.92. The van der Waals surface area contributed by atoms with Gasteiger partial charge in [-0.25, -0.2) is 0 Å². The van der Waals surface area contributed by atoms with Crippen molar-refractivity contribution in [1.82, 2.24) is 15.5 Å². The van der Waals surface area contributed by atoms with Gasteiger partial charge in [-0.1, -0.05) is 54.6 Å². The molecule has 0 spiro atoms. The zero-order valence-electron chi connectivity index (χ0n) is 18.2. The van der Waals surface area contributed by atoms with E-state index in [0.717, 1.165) is 5.56 Å². The molecule has 0 aliphatic carbocycles. The van der Waals surface area contributed by atoms with Crippen LogP contribution in [0.5, 0.6) is 0 Å². The van der Waals surface area contributed by atoms with Gasteiger partial charge in [0.05, 0.1) is 11.5 Å². The molecule has 0 unspecified atom stereocenters. The molecule has 7 heteroatoms. The quantitative estimate of drug-likeness (QED) is 0.666. The molecule has 3 N–H and O–H groups in total. The van der Waals surface area contributed by atoms with Crippen LogP contribution in [0.2, 0.25) is 0 Å². The van der Waals surface area contributed by atoms with Gasteiger partial charge in [0.15, 0.2) is 0 Å². The van der Waals surface area contributed by atoms with E-state index in [-0.39, 0.29) is 17.9 Å². The summed E-state index contributed by atoms with van der Waals surface area (Å²) in [5.41, 5.74) is 2.42. The maximum Gasteiger partial charge on any atom is 0.325 e. The van der Waals surface area contributed by atoms with Crippen molar-refractivity contribution in [3.8, 4) is 0 Å². The van der Waals surface area contributed by atoms with Crippen molar-refractivity contribution in [1.29, 1.82) is 0 Å². The number of carbonyl (C=O) groups excluding carboxylic acids is 2. The smallest absolute Gasteiger partial charge is 0.325 e. The molecule has 4 rings (SSSR count). The second-order valence-electron chi connectivity index (χ2n) is 8.71. The molecule has 2 aromatic carbocycles. The lowest BCUT2D eigenvalue weighted by molar-refractivity contribution is -0.143. The van der Waals surface area contributed by atoms with E-state index < -0.39 is 17.4 Å². The number of benzene rings is 2. The molecule has 0 aromatic heterocycles. The molecule has 2 atom stereocenters. The number of nitrogens with zero attached hydrogens (tertiary/aromatic N) is 1. The van der Waals surface area contributed by atoms with Crippen molar-refractivity contribution in [2.24, 2.45) is 0 Å². The summed E-state index contributed by atoms with van der Waals surface area (Å²) < 4.78 is 0. The lowest BCUT2D eigenvalue weighted by atomic mass is 9.71. The molecule has 0 bridgehead atoms. The minimum atomic E-state index is -1.07. The average molecular weight is 436 g/mol. The highest BCUT2D eigenvalue weighted by atomic mass is 16.4. The number of aliphatic carboxylic acids is 1. The van der Waals surface area contributed by atoms with Crippen LogP contribution in [0.3, 0.4) is 0 Å². The summed E-state index contributed by atoms with van der Waals surface area (Å²) in [5, 5.41) is 15.2. The van der Waals surface area contributed by atoms with Crippen LogP contribution >= 0.6 is 0 Å². The Labute approximate surface area is 187 Å². The number of fused-ring (bicyclic) bond motifs is 1. The van der Waals surface area contributed by atoms with E-state index in [9.17, 15) is 19.5 Å². The number of piperidine rings is 1. The molecule has 0 radical (unpaired) electrons. The van der Waals surface area contributed by atoms with Crippen molar-refractivity contribution in [3.05, 3.63) is 71.3 Å². The van der Waals surface area contributed by atoms with Crippen LogP contribution in [0.4, 0.5) is 0 Å². The zero-order chi connectivity index (χ0) is 22.7. The number of carboxylic acid groups (broad SMARTS) is 1. The Morgan fingerprint density at radius 2 is 1.66 bits per heavy atom. The molecule has 2 amide bonds. The van der Waals surface area contributed by atoms with Gasteiger partial charge in [-0.2, -0.15) is 0 Å². The monoisotopic (exact) mass is 435 g/mol. The van der Waals surface area contributed by atoms with Gasteiger partial charge in [-0.05, 0) is 42.9 Å². The molecule has 2 aliphatic heterocycles. The van der Waals surface area contributed by atoms with Crippen LogP contribution in [-0.4, -0.2) is 53.0 Å². The zero-order valence-corrected chi connectivity index (χ0v) is 18.2. The van der Waals surface area contributed by atoms with Crippen molar-refractivity contribution in [2.45, 2.75) is 50.2 Å². The minimum absolute atomic E-state index is 0.0560. The van der Waals surface area contributed by atoms with Gasteiger partial charge in [-0.15, -0.1) is 0 Å². The third kappa shape index (κ3) is 4.25. The van der Waals surface area contributed by atoms with Crippen LogP contribution < -0.4 is 10.6 Å². The Morgan fingerprint density at radius 1 is 1.03 bits per heavy atom. The molecular formula is C25H29N3O4. The molecule has 2 aliphatic rings. The number of carboxylic acids is 1. The number of hydrogen-bond donors (Lipinski definition) is 3. The highest BCUT2D eigenvalue weighted by Crippen LogP contribution is 2.36. The van der Waals surface area contributed by atoms with E-state index in [1.807, 2.05) is 47.4 Å². The van der Waals surface area contributed by atoms with Crippen molar-refractivity contribution in [3.63, 3.8) is 0 Å². The number of carbonyl (C=O) groups is 3. The fourth-order valence-corrected chi connectivity index (χ4v) is 4.76. The average Bonchev–Trinajstić information content (AvgIpc) is 2.83. The second kappa shape index (κ2) is 9.12. The largest absolute Gasteiger partial charge is 0.480 e.